The average molecular weight is 235 g/mol. The van der Waals surface area contributed by atoms with Gasteiger partial charge in [-0.3, -0.25) is 0 Å². The van der Waals surface area contributed by atoms with Crippen molar-refractivity contribution in [2.24, 2.45) is 0 Å². The highest BCUT2D eigenvalue weighted by molar-refractivity contribution is 5.29. The molecule has 3 nitrogen and oxygen atoms in total. The summed E-state index contributed by atoms with van der Waals surface area (Å²) in [5.74, 6) is 0.852. The highest BCUT2D eigenvalue weighted by Crippen LogP contribution is 2.21. The standard InChI is InChI=1S/C14H21NO2/c1-10-6-7-14(9-15-10)17-13-5-3-4-12(8-13)11(2)16/h3-5,8,10-11,14-16H,6-7,9H2,1-2H3/t10-,11?,14?/m1/s1. The molecule has 1 aliphatic rings. The van der Waals surface area contributed by atoms with Crippen LogP contribution in [0.15, 0.2) is 24.3 Å². The normalized spacial score (nSPS) is 26.5. The van der Waals surface area contributed by atoms with E-state index >= 15 is 0 Å². The molecule has 94 valence electrons. The van der Waals surface area contributed by atoms with Gasteiger partial charge in [-0.25, -0.2) is 0 Å². The molecule has 2 rings (SSSR count). The maximum atomic E-state index is 9.52. The average Bonchev–Trinajstić information content (AvgIpc) is 2.32. The van der Waals surface area contributed by atoms with Crippen LogP contribution in [0.5, 0.6) is 5.75 Å². The van der Waals surface area contributed by atoms with E-state index in [1.807, 2.05) is 24.3 Å². The third-order valence-electron chi connectivity index (χ3n) is 3.26. The minimum atomic E-state index is -0.442. The van der Waals surface area contributed by atoms with Crippen LogP contribution in [0.3, 0.4) is 0 Å². The zero-order valence-corrected chi connectivity index (χ0v) is 10.5. The molecule has 17 heavy (non-hydrogen) atoms. The second-order valence-corrected chi connectivity index (χ2v) is 4.87. The Morgan fingerprint density at radius 1 is 1.41 bits per heavy atom. The second kappa shape index (κ2) is 5.52. The molecule has 3 atom stereocenters. The molecule has 0 aromatic heterocycles. The van der Waals surface area contributed by atoms with Gasteiger partial charge in [0.2, 0.25) is 0 Å². The maximum absolute atomic E-state index is 9.52. The van der Waals surface area contributed by atoms with E-state index in [0.717, 1.165) is 30.7 Å². The summed E-state index contributed by atoms with van der Waals surface area (Å²) in [6, 6.07) is 8.31. The quantitative estimate of drug-likeness (QED) is 0.844. The summed E-state index contributed by atoms with van der Waals surface area (Å²) in [7, 11) is 0. The Bertz CT molecular complexity index is 357. The summed E-state index contributed by atoms with van der Waals surface area (Å²) < 4.78 is 5.92. The van der Waals surface area contributed by atoms with Crippen molar-refractivity contribution in [3.8, 4) is 5.75 Å². The molecular formula is C14H21NO2. The fourth-order valence-corrected chi connectivity index (χ4v) is 2.11. The molecule has 0 aliphatic carbocycles. The molecule has 1 aromatic rings. The summed E-state index contributed by atoms with van der Waals surface area (Å²) in [6.45, 7) is 4.87. The summed E-state index contributed by atoms with van der Waals surface area (Å²) >= 11 is 0. The van der Waals surface area contributed by atoms with Gasteiger partial charge in [-0.05, 0) is 44.4 Å². The van der Waals surface area contributed by atoms with Crippen LogP contribution in [-0.4, -0.2) is 23.8 Å². The van der Waals surface area contributed by atoms with Crippen molar-refractivity contribution in [1.82, 2.24) is 5.32 Å². The fraction of sp³-hybridized carbons (Fsp3) is 0.571. The number of benzene rings is 1. The lowest BCUT2D eigenvalue weighted by molar-refractivity contribution is 0.151. The molecule has 0 saturated carbocycles. The molecule has 2 N–H and O–H groups in total. The molecule has 0 spiro atoms. The zero-order valence-electron chi connectivity index (χ0n) is 10.5. The Morgan fingerprint density at radius 3 is 2.88 bits per heavy atom. The van der Waals surface area contributed by atoms with Gasteiger partial charge in [0.05, 0.1) is 6.10 Å². The fourth-order valence-electron chi connectivity index (χ4n) is 2.11. The van der Waals surface area contributed by atoms with Crippen LogP contribution >= 0.6 is 0 Å². The lowest BCUT2D eigenvalue weighted by atomic mass is 10.0. The molecular weight excluding hydrogens is 214 g/mol. The van der Waals surface area contributed by atoms with Crippen LogP contribution in [-0.2, 0) is 0 Å². The van der Waals surface area contributed by atoms with Crippen molar-refractivity contribution in [1.29, 1.82) is 0 Å². The Kier molecular flexibility index (Phi) is 4.02. The van der Waals surface area contributed by atoms with Crippen LogP contribution in [0.1, 0.15) is 38.4 Å². The maximum Gasteiger partial charge on any atom is 0.120 e. The third-order valence-corrected chi connectivity index (χ3v) is 3.26. The van der Waals surface area contributed by atoms with Crippen LogP contribution in [0.2, 0.25) is 0 Å². The third kappa shape index (κ3) is 3.45. The minimum Gasteiger partial charge on any atom is -0.489 e. The molecule has 0 amide bonds. The molecule has 2 unspecified atom stereocenters. The van der Waals surface area contributed by atoms with Gasteiger partial charge in [-0.1, -0.05) is 12.1 Å². The van der Waals surface area contributed by atoms with Gasteiger partial charge in [0.15, 0.2) is 0 Å². The van der Waals surface area contributed by atoms with E-state index in [9.17, 15) is 5.11 Å². The van der Waals surface area contributed by atoms with Gasteiger partial charge < -0.3 is 15.2 Å². The first kappa shape index (κ1) is 12.4. The van der Waals surface area contributed by atoms with Crippen molar-refractivity contribution >= 4 is 0 Å². The first-order chi connectivity index (χ1) is 8.15. The number of aliphatic hydroxyl groups is 1. The number of aliphatic hydroxyl groups excluding tert-OH is 1. The lowest BCUT2D eigenvalue weighted by Crippen LogP contribution is -2.42. The van der Waals surface area contributed by atoms with E-state index in [2.05, 4.69) is 12.2 Å². The van der Waals surface area contributed by atoms with E-state index in [1.54, 1.807) is 6.92 Å². The predicted molar refractivity (Wildman–Crippen MR) is 68.2 cm³/mol. The Labute approximate surface area is 103 Å². The van der Waals surface area contributed by atoms with Crippen LogP contribution in [0.25, 0.3) is 0 Å². The zero-order chi connectivity index (χ0) is 12.3. The molecule has 0 radical (unpaired) electrons. The van der Waals surface area contributed by atoms with Gasteiger partial charge in [0.1, 0.15) is 11.9 Å². The largest absolute Gasteiger partial charge is 0.489 e. The summed E-state index contributed by atoms with van der Waals surface area (Å²) in [6.07, 6.45) is 2.05. The van der Waals surface area contributed by atoms with Gasteiger partial charge in [0, 0.05) is 12.6 Å². The first-order valence-electron chi connectivity index (χ1n) is 6.33. The van der Waals surface area contributed by atoms with Crippen molar-refractivity contribution < 1.29 is 9.84 Å². The molecule has 1 aliphatic heterocycles. The summed E-state index contributed by atoms with van der Waals surface area (Å²) in [5.41, 5.74) is 0.902. The van der Waals surface area contributed by atoms with Crippen molar-refractivity contribution in [3.05, 3.63) is 29.8 Å². The predicted octanol–water partition coefficient (Wildman–Crippen LogP) is 2.26. The van der Waals surface area contributed by atoms with E-state index < -0.39 is 6.10 Å². The van der Waals surface area contributed by atoms with E-state index in [4.69, 9.17) is 4.74 Å². The Hall–Kier alpha value is -1.06. The molecule has 1 saturated heterocycles. The first-order valence-corrected chi connectivity index (χ1v) is 6.33. The molecule has 3 heteroatoms. The Balaban J connectivity index is 1.96. The van der Waals surface area contributed by atoms with Crippen molar-refractivity contribution in [2.75, 3.05) is 6.54 Å². The molecule has 1 aromatic carbocycles. The van der Waals surface area contributed by atoms with E-state index in [1.165, 1.54) is 0 Å². The number of hydrogen-bond donors (Lipinski definition) is 2. The summed E-state index contributed by atoms with van der Waals surface area (Å²) in [5, 5.41) is 12.9. The molecule has 1 fully saturated rings. The number of nitrogens with one attached hydrogen (secondary N) is 1. The van der Waals surface area contributed by atoms with Crippen LogP contribution in [0, 0.1) is 0 Å². The monoisotopic (exact) mass is 235 g/mol. The van der Waals surface area contributed by atoms with Gasteiger partial charge in [-0.2, -0.15) is 0 Å². The number of hydrogen-bond acceptors (Lipinski definition) is 3. The Morgan fingerprint density at radius 2 is 2.24 bits per heavy atom. The lowest BCUT2D eigenvalue weighted by Gasteiger charge is -2.28. The van der Waals surface area contributed by atoms with Gasteiger partial charge >= 0.3 is 0 Å². The summed E-state index contributed by atoms with van der Waals surface area (Å²) in [4.78, 5) is 0. The second-order valence-electron chi connectivity index (χ2n) is 4.87. The van der Waals surface area contributed by atoms with Crippen LogP contribution < -0.4 is 10.1 Å². The topological polar surface area (TPSA) is 41.5 Å². The number of rotatable bonds is 3. The smallest absolute Gasteiger partial charge is 0.120 e. The van der Waals surface area contributed by atoms with E-state index in [-0.39, 0.29) is 6.10 Å². The minimum absolute atomic E-state index is 0.246. The number of ether oxygens (including phenoxy) is 1. The number of piperidine rings is 1. The van der Waals surface area contributed by atoms with Crippen molar-refractivity contribution in [2.45, 2.75) is 44.9 Å². The SMILES string of the molecule is CC(O)c1cccc(OC2CC[C@@H](C)NC2)c1. The van der Waals surface area contributed by atoms with E-state index in [0.29, 0.717) is 6.04 Å². The van der Waals surface area contributed by atoms with Crippen LogP contribution in [0.4, 0.5) is 0 Å². The highest BCUT2D eigenvalue weighted by Gasteiger charge is 2.18. The van der Waals surface area contributed by atoms with Gasteiger partial charge in [-0.15, -0.1) is 0 Å². The molecule has 0 bridgehead atoms. The van der Waals surface area contributed by atoms with Crippen molar-refractivity contribution in [3.63, 3.8) is 0 Å². The highest BCUT2D eigenvalue weighted by atomic mass is 16.5. The van der Waals surface area contributed by atoms with Gasteiger partial charge in [0.25, 0.3) is 0 Å². The molecule has 1 heterocycles.